The van der Waals surface area contributed by atoms with E-state index in [1.165, 1.54) is 24.4 Å². The number of rotatable bonds is 5. The number of imide groups is 1. The van der Waals surface area contributed by atoms with Gasteiger partial charge in [-0.25, -0.2) is 13.1 Å². The number of aromatic nitrogens is 1. The van der Waals surface area contributed by atoms with Gasteiger partial charge in [0.05, 0.1) is 10.5 Å². The highest BCUT2D eigenvalue weighted by Gasteiger charge is 2.36. The van der Waals surface area contributed by atoms with Gasteiger partial charge in [-0.05, 0) is 24.3 Å². The number of hydrogen-bond donors (Lipinski definition) is 1. The second-order valence-corrected chi connectivity index (χ2v) is 6.64. The molecular weight excluding hydrogens is 318 g/mol. The summed E-state index contributed by atoms with van der Waals surface area (Å²) in [6.45, 7) is -0.122. The van der Waals surface area contributed by atoms with E-state index in [-0.39, 0.29) is 29.2 Å². The fourth-order valence-corrected chi connectivity index (χ4v) is 3.33. The fourth-order valence-electron chi connectivity index (χ4n) is 2.29. The van der Waals surface area contributed by atoms with Crippen LogP contribution in [0.25, 0.3) is 0 Å². The van der Waals surface area contributed by atoms with Crippen LogP contribution in [0.5, 0.6) is 0 Å². The molecule has 2 amide bonds. The highest BCUT2D eigenvalue weighted by molar-refractivity contribution is 7.89. The van der Waals surface area contributed by atoms with Crippen molar-refractivity contribution < 1.29 is 18.0 Å². The van der Waals surface area contributed by atoms with Gasteiger partial charge in [-0.1, -0.05) is 18.2 Å². The van der Waals surface area contributed by atoms with Crippen molar-refractivity contribution in [2.45, 2.75) is 4.90 Å². The molecule has 2 aromatic rings. The van der Waals surface area contributed by atoms with Crippen LogP contribution in [-0.2, 0) is 10.0 Å². The smallest absolute Gasteiger partial charge is 0.272 e. The third kappa shape index (κ3) is 2.86. The molecule has 0 atom stereocenters. The second kappa shape index (κ2) is 5.90. The van der Waals surface area contributed by atoms with Gasteiger partial charge in [0.2, 0.25) is 10.0 Å². The van der Waals surface area contributed by atoms with Gasteiger partial charge in [-0.2, -0.15) is 0 Å². The molecule has 0 spiro atoms. The summed E-state index contributed by atoms with van der Waals surface area (Å²) in [4.78, 5) is 29.2. The van der Waals surface area contributed by atoms with Gasteiger partial charge >= 0.3 is 0 Å². The molecule has 0 unspecified atom stereocenters. The predicted molar refractivity (Wildman–Crippen MR) is 81.2 cm³/mol. The molecule has 0 bridgehead atoms. The Morgan fingerprint density at radius 3 is 2.43 bits per heavy atom. The number of amides is 2. The summed E-state index contributed by atoms with van der Waals surface area (Å²) in [7, 11) is -3.67. The summed E-state index contributed by atoms with van der Waals surface area (Å²) in [6.07, 6.45) is 1.44. The van der Waals surface area contributed by atoms with E-state index in [2.05, 4.69) is 9.71 Å². The monoisotopic (exact) mass is 331 g/mol. The zero-order valence-corrected chi connectivity index (χ0v) is 12.8. The molecule has 7 nitrogen and oxygen atoms in total. The van der Waals surface area contributed by atoms with Crippen molar-refractivity contribution in [3.8, 4) is 0 Å². The van der Waals surface area contributed by atoms with Gasteiger partial charge in [0, 0.05) is 19.3 Å². The van der Waals surface area contributed by atoms with Crippen LogP contribution in [0.1, 0.15) is 20.8 Å². The Hall–Kier alpha value is -2.58. The lowest BCUT2D eigenvalue weighted by Gasteiger charge is -2.14. The molecular formula is C15H13N3O4S. The van der Waals surface area contributed by atoms with Gasteiger partial charge in [0.15, 0.2) is 0 Å². The summed E-state index contributed by atoms with van der Waals surface area (Å²) in [5, 5.41) is 0. The van der Waals surface area contributed by atoms with E-state index in [1.54, 1.807) is 24.3 Å². The molecule has 1 aromatic carbocycles. The molecule has 1 aliphatic heterocycles. The summed E-state index contributed by atoms with van der Waals surface area (Å²) in [6, 6.07) is 11.0. The van der Waals surface area contributed by atoms with Crippen LogP contribution in [0, 0.1) is 0 Å². The van der Waals surface area contributed by atoms with Crippen molar-refractivity contribution in [1.82, 2.24) is 14.6 Å². The minimum Gasteiger partial charge on any atom is -0.272 e. The van der Waals surface area contributed by atoms with Crippen molar-refractivity contribution in [2.75, 3.05) is 13.1 Å². The number of nitrogens with one attached hydrogen (secondary N) is 1. The van der Waals surface area contributed by atoms with Gasteiger partial charge in [0.25, 0.3) is 11.8 Å². The Bertz CT molecular complexity index is 830. The van der Waals surface area contributed by atoms with E-state index in [9.17, 15) is 18.0 Å². The highest BCUT2D eigenvalue weighted by Crippen LogP contribution is 2.19. The van der Waals surface area contributed by atoms with E-state index in [0.29, 0.717) is 0 Å². The van der Waals surface area contributed by atoms with E-state index in [1.807, 2.05) is 0 Å². The Labute approximate surface area is 133 Å². The van der Waals surface area contributed by atoms with Crippen molar-refractivity contribution in [1.29, 1.82) is 0 Å². The van der Waals surface area contributed by atoms with E-state index in [4.69, 9.17) is 0 Å². The van der Waals surface area contributed by atoms with Crippen molar-refractivity contribution >= 4 is 21.8 Å². The maximum Gasteiger partial charge on any atom is 0.280 e. The van der Waals surface area contributed by atoms with Gasteiger partial charge in [-0.3, -0.25) is 19.5 Å². The molecule has 0 saturated carbocycles. The first kappa shape index (κ1) is 15.3. The second-order valence-electron chi connectivity index (χ2n) is 4.87. The van der Waals surface area contributed by atoms with E-state index >= 15 is 0 Å². The standard InChI is InChI=1S/C15H13N3O4S/c19-14-12-7-4-8-16-13(12)15(20)18(14)10-9-17-23(21,22)11-5-2-1-3-6-11/h1-8,17H,9-10H2. The van der Waals surface area contributed by atoms with Crippen LogP contribution < -0.4 is 4.72 Å². The molecule has 0 radical (unpaired) electrons. The quantitative estimate of drug-likeness (QED) is 0.812. The molecule has 0 saturated heterocycles. The zero-order chi connectivity index (χ0) is 16.4. The molecule has 1 aromatic heterocycles. The fraction of sp³-hybridized carbons (Fsp3) is 0.133. The molecule has 1 N–H and O–H groups in total. The van der Waals surface area contributed by atoms with Crippen molar-refractivity contribution in [3.63, 3.8) is 0 Å². The van der Waals surface area contributed by atoms with E-state index < -0.39 is 21.8 Å². The topological polar surface area (TPSA) is 96.4 Å². The van der Waals surface area contributed by atoms with Crippen LogP contribution >= 0.6 is 0 Å². The number of carbonyl (C=O) groups is 2. The van der Waals surface area contributed by atoms with Crippen LogP contribution in [0.2, 0.25) is 0 Å². The molecule has 1 aliphatic rings. The summed E-state index contributed by atoms with van der Waals surface area (Å²) in [5.41, 5.74) is 0.340. The first-order valence-corrected chi connectivity index (χ1v) is 8.35. The number of sulfonamides is 1. The number of pyridine rings is 1. The predicted octanol–water partition coefficient (Wildman–Crippen LogP) is 0.656. The third-order valence-corrected chi connectivity index (χ3v) is 4.89. The largest absolute Gasteiger partial charge is 0.280 e. The van der Waals surface area contributed by atoms with Crippen LogP contribution in [0.4, 0.5) is 0 Å². The maximum absolute atomic E-state index is 12.1. The zero-order valence-electron chi connectivity index (χ0n) is 12.0. The van der Waals surface area contributed by atoms with Crippen molar-refractivity contribution in [3.05, 3.63) is 59.9 Å². The lowest BCUT2D eigenvalue weighted by atomic mass is 10.2. The van der Waals surface area contributed by atoms with Gasteiger partial charge in [0.1, 0.15) is 5.69 Å². The molecule has 8 heteroatoms. The van der Waals surface area contributed by atoms with Gasteiger partial charge in [-0.15, -0.1) is 0 Å². The molecule has 0 fully saturated rings. The summed E-state index contributed by atoms with van der Waals surface area (Å²) in [5.74, 6) is -0.971. The molecule has 0 aliphatic carbocycles. The first-order chi connectivity index (χ1) is 11.0. The molecule has 23 heavy (non-hydrogen) atoms. The lowest BCUT2D eigenvalue weighted by Crippen LogP contribution is -2.38. The SMILES string of the molecule is O=C1c2cccnc2C(=O)N1CCNS(=O)(=O)c1ccccc1. The summed E-state index contributed by atoms with van der Waals surface area (Å²) >= 11 is 0. The number of nitrogens with zero attached hydrogens (tertiary/aromatic N) is 2. The van der Waals surface area contributed by atoms with E-state index in [0.717, 1.165) is 4.90 Å². The third-order valence-electron chi connectivity index (χ3n) is 3.41. The van der Waals surface area contributed by atoms with Crippen molar-refractivity contribution in [2.24, 2.45) is 0 Å². The molecule has 118 valence electrons. The highest BCUT2D eigenvalue weighted by atomic mass is 32.2. The van der Waals surface area contributed by atoms with Crippen LogP contribution in [0.15, 0.2) is 53.6 Å². The Morgan fingerprint density at radius 1 is 1.00 bits per heavy atom. The number of carbonyl (C=O) groups excluding carboxylic acids is 2. The Morgan fingerprint density at radius 2 is 1.74 bits per heavy atom. The van der Waals surface area contributed by atoms with Crippen LogP contribution in [-0.4, -0.2) is 43.2 Å². The minimum absolute atomic E-state index is 0.0555. The Balaban J connectivity index is 1.67. The maximum atomic E-state index is 12.1. The normalized spacial score (nSPS) is 14.2. The number of fused-ring (bicyclic) bond motifs is 1. The minimum atomic E-state index is -3.67. The molecule has 2 heterocycles. The summed E-state index contributed by atoms with van der Waals surface area (Å²) < 4.78 is 26.5. The first-order valence-electron chi connectivity index (χ1n) is 6.86. The average molecular weight is 331 g/mol. The average Bonchev–Trinajstić information content (AvgIpc) is 2.81. The van der Waals surface area contributed by atoms with Crippen LogP contribution in [0.3, 0.4) is 0 Å². The lowest BCUT2D eigenvalue weighted by molar-refractivity contribution is 0.0655. The number of hydrogen-bond acceptors (Lipinski definition) is 5. The van der Waals surface area contributed by atoms with Gasteiger partial charge < -0.3 is 0 Å². The molecule has 3 rings (SSSR count). The number of benzene rings is 1. The Kier molecular flexibility index (Phi) is 3.93.